The van der Waals surface area contributed by atoms with E-state index in [1.54, 1.807) is 10.9 Å². The monoisotopic (exact) mass is 413 g/mol. The minimum Gasteiger partial charge on any atom is -0.454 e. The first-order chi connectivity index (χ1) is 14.5. The molecule has 1 N–H and O–H groups in total. The number of rotatable bonds is 6. The van der Waals surface area contributed by atoms with Crippen molar-refractivity contribution in [2.45, 2.75) is 51.6 Å². The average molecular weight is 413 g/mol. The van der Waals surface area contributed by atoms with Gasteiger partial charge in [0.2, 0.25) is 12.7 Å². The van der Waals surface area contributed by atoms with Crippen molar-refractivity contribution in [3.63, 3.8) is 0 Å². The molecule has 2 aliphatic heterocycles. The quantitative estimate of drug-likeness (QED) is 0.777. The Morgan fingerprint density at radius 3 is 2.73 bits per heavy atom. The smallest absolute Gasteiger partial charge is 0.273 e. The summed E-state index contributed by atoms with van der Waals surface area (Å²) in [5, 5.41) is 10.9. The van der Waals surface area contributed by atoms with Gasteiger partial charge >= 0.3 is 0 Å². The van der Waals surface area contributed by atoms with E-state index < -0.39 is 0 Å². The first-order valence-corrected chi connectivity index (χ1v) is 10.4. The van der Waals surface area contributed by atoms with Crippen LogP contribution in [0.2, 0.25) is 0 Å². The maximum Gasteiger partial charge on any atom is 0.273 e. The molecule has 1 aromatic heterocycles. The van der Waals surface area contributed by atoms with Gasteiger partial charge in [-0.25, -0.2) is 4.68 Å². The lowest BCUT2D eigenvalue weighted by molar-refractivity contribution is -0.132. The van der Waals surface area contributed by atoms with E-state index in [9.17, 15) is 9.59 Å². The number of hydrogen-bond acceptors (Lipinski definition) is 6. The van der Waals surface area contributed by atoms with Gasteiger partial charge in [-0.05, 0) is 50.8 Å². The number of likely N-dealkylation sites (tertiary alicyclic amines) is 1. The summed E-state index contributed by atoms with van der Waals surface area (Å²) in [5.41, 5.74) is 1.39. The van der Waals surface area contributed by atoms with Gasteiger partial charge in [0.15, 0.2) is 17.2 Å². The van der Waals surface area contributed by atoms with Crippen LogP contribution < -0.4 is 14.8 Å². The van der Waals surface area contributed by atoms with Gasteiger partial charge in [-0.1, -0.05) is 11.3 Å². The van der Waals surface area contributed by atoms with Crippen molar-refractivity contribution in [3.8, 4) is 11.5 Å². The molecule has 1 aromatic carbocycles. The molecule has 0 atom stereocenters. The second-order valence-electron chi connectivity index (χ2n) is 8.01. The number of carbonyl (C=O) groups is 2. The molecule has 1 fully saturated rings. The van der Waals surface area contributed by atoms with E-state index in [1.165, 1.54) is 0 Å². The first kappa shape index (κ1) is 20.2. The number of nitrogens with zero attached hydrogens (tertiary/aromatic N) is 4. The van der Waals surface area contributed by atoms with Crippen LogP contribution in [0.25, 0.3) is 0 Å². The molecule has 0 aliphatic carbocycles. The molecule has 0 bridgehead atoms. The Balaban J connectivity index is 1.25. The second-order valence-corrected chi connectivity index (χ2v) is 8.01. The molecule has 3 heterocycles. The molecule has 4 rings (SSSR count). The Kier molecular flexibility index (Phi) is 5.87. The fourth-order valence-electron chi connectivity index (χ4n) is 3.78. The third-order valence-electron chi connectivity index (χ3n) is 5.42. The minimum absolute atomic E-state index is 0.0505. The molecule has 1 saturated heterocycles. The van der Waals surface area contributed by atoms with Crippen LogP contribution in [0.15, 0.2) is 24.4 Å². The fraction of sp³-hybridized carbons (Fsp3) is 0.524. The lowest BCUT2D eigenvalue weighted by atomic mass is 10.0. The highest BCUT2D eigenvalue weighted by molar-refractivity contribution is 5.92. The van der Waals surface area contributed by atoms with Gasteiger partial charge < -0.3 is 19.7 Å². The van der Waals surface area contributed by atoms with E-state index in [0.29, 0.717) is 31.6 Å². The van der Waals surface area contributed by atoms with Crippen LogP contribution in [0, 0.1) is 0 Å². The normalized spacial score (nSPS) is 16.2. The van der Waals surface area contributed by atoms with Crippen LogP contribution in [0.3, 0.4) is 0 Å². The summed E-state index contributed by atoms with van der Waals surface area (Å²) in [6, 6.07) is 6.01. The molecule has 0 unspecified atom stereocenters. The molecular formula is C21H27N5O4. The van der Waals surface area contributed by atoms with Crippen LogP contribution in [0.5, 0.6) is 11.5 Å². The highest BCUT2D eigenvalue weighted by Gasteiger charge is 2.25. The molecular weight excluding hydrogens is 386 g/mol. The summed E-state index contributed by atoms with van der Waals surface area (Å²) in [4.78, 5) is 26.6. The van der Waals surface area contributed by atoms with E-state index >= 15 is 0 Å². The Morgan fingerprint density at radius 2 is 1.97 bits per heavy atom. The van der Waals surface area contributed by atoms with Gasteiger partial charge in [-0.2, -0.15) is 0 Å². The summed E-state index contributed by atoms with van der Waals surface area (Å²) in [6.45, 7) is 5.42. The van der Waals surface area contributed by atoms with Crippen molar-refractivity contribution in [2.75, 3.05) is 19.9 Å². The standard InChI is InChI=1S/C21H27N5O4/c1-14(2)22-21(28)17-12-26(24-23-17)16-7-9-25(10-8-16)20(27)6-4-15-3-5-18-19(11-15)30-13-29-18/h3,5,11-12,14,16H,4,6-10,13H2,1-2H3,(H,22,28). The molecule has 2 aliphatic rings. The van der Waals surface area contributed by atoms with Crippen molar-refractivity contribution in [3.05, 3.63) is 35.7 Å². The Morgan fingerprint density at radius 1 is 1.20 bits per heavy atom. The Labute approximate surface area is 175 Å². The van der Waals surface area contributed by atoms with Gasteiger partial charge in [0.1, 0.15) is 0 Å². The SMILES string of the molecule is CC(C)NC(=O)c1cn(C2CCN(C(=O)CCc3ccc4c(c3)OCO4)CC2)nn1. The molecule has 0 radical (unpaired) electrons. The lowest BCUT2D eigenvalue weighted by Crippen LogP contribution is -2.39. The molecule has 160 valence electrons. The number of carbonyl (C=O) groups excluding carboxylic acids is 2. The molecule has 9 heteroatoms. The number of fused-ring (bicyclic) bond motifs is 1. The summed E-state index contributed by atoms with van der Waals surface area (Å²) in [6.07, 6.45) is 4.42. The number of aromatic nitrogens is 3. The largest absolute Gasteiger partial charge is 0.454 e. The highest BCUT2D eigenvalue weighted by atomic mass is 16.7. The summed E-state index contributed by atoms with van der Waals surface area (Å²) in [5.74, 6) is 1.44. The van der Waals surface area contributed by atoms with Crippen LogP contribution >= 0.6 is 0 Å². The topological polar surface area (TPSA) is 98.6 Å². The zero-order valence-electron chi connectivity index (χ0n) is 17.3. The van der Waals surface area contributed by atoms with Crippen LogP contribution in [-0.2, 0) is 11.2 Å². The Bertz CT molecular complexity index is 918. The number of piperidine rings is 1. The van der Waals surface area contributed by atoms with E-state index in [4.69, 9.17) is 9.47 Å². The molecule has 9 nitrogen and oxygen atoms in total. The molecule has 2 amide bonds. The molecule has 0 saturated carbocycles. The van der Waals surface area contributed by atoms with Crippen LogP contribution in [-0.4, -0.2) is 57.6 Å². The van der Waals surface area contributed by atoms with E-state index in [1.807, 2.05) is 36.9 Å². The average Bonchev–Trinajstić information content (AvgIpc) is 3.41. The number of amides is 2. The van der Waals surface area contributed by atoms with Gasteiger partial charge in [0, 0.05) is 25.6 Å². The van der Waals surface area contributed by atoms with E-state index in [2.05, 4.69) is 15.6 Å². The highest BCUT2D eigenvalue weighted by Crippen LogP contribution is 2.33. The predicted octanol–water partition coefficient (Wildman–Crippen LogP) is 1.94. The number of nitrogens with one attached hydrogen (secondary N) is 1. The third kappa shape index (κ3) is 4.55. The first-order valence-electron chi connectivity index (χ1n) is 10.4. The number of aryl methyl sites for hydroxylation is 1. The van der Waals surface area contributed by atoms with Crippen molar-refractivity contribution in [1.82, 2.24) is 25.2 Å². The second kappa shape index (κ2) is 8.73. The summed E-state index contributed by atoms with van der Waals surface area (Å²) < 4.78 is 12.5. The van der Waals surface area contributed by atoms with Crippen molar-refractivity contribution in [2.24, 2.45) is 0 Å². The van der Waals surface area contributed by atoms with E-state index in [0.717, 1.165) is 29.9 Å². The predicted molar refractivity (Wildman–Crippen MR) is 108 cm³/mol. The van der Waals surface area contributed by atoms with Crippen LogP contribution in [0.4, 0.5) is 0 Å². The summed E-state index contributed by atoms with van der Waals surface area (Å²) in [7, 11) is 0. The molecule has 0 spiro atoms. The number of hydrogen-bond donors (Lipinski definition) is 1. The molecule has 2 aromatic rings. The zero-order chi connectivity index (χ0) is 21.1. The van der Waals surface area contributed by atoms with E-state index in [-0.39, 0.29) is 30.7 Å². The van der Waals surface area contributed by atoms with Gasteiger partial charge in [-0.3, -0.25) is 9.59 Å². The minimum atomic E-state index is -0.215. The van der Waals surface area contributed by atoms with Gasteiger partial charge in [0.25, 0.3) is 5.91 Å². The third-order valence-corrected chi connectivity index (χ3v) is 5.42. The lowest BCUT2D eigenvalue weighted by Gasteiger charge is -2.32. The maximum absolute atomic E-state index is 12.6. The number of ether oxygens (including phenoxy) is 2. The zero-order valence-corrected chi connectivity index (χ0v) is 17.3. The van der Waals surface area contributed by atoms with Gasteiger partial charge in [0.05, 0.1) is 12.2 Å². The fourth-order valence-corrected chi connectivity index (χ4v) is 3.78. The summed E-state index contributed by atoms with van der Waals surface area (Å²) >= 11 is 0. The van der Waals surface area contributed by atoms with Crippen molar-refractivity contribution in [1.29, 1.82) is 0 Å². The molecule has 30 heavy (non-hydrogen) atoms. The Hall–Kier alpha value is -3.10. The number of benzene rings is 1. The van der Waals surface area contributed by atoms with Gasteiger partial charge in [-0.15, -0.1) is 5.10 Å². The van der Waals surface area contributed by atoms with Crippen molar-refractivity contribution >= 4 is 11.8 Å². The van der Waals surface area contributed by atoms with Crippen LogP contribution in [0.1, 0.15) is 55.2 Å². The maximum atomic E-state index is 12.6. The van der Waals surface area contributed by atoms with Crippen molar-refractivity contribution < 1.29 is 19.1 Å².